The molecule has 0 radical (unpaired) electrons. The van der Waals surface area contributed by atoms with Gasteiger partial charge < -0.3 is 29.4 Å². The van der Waals surface area contributed by atoms with Crippen molar-refractivity contribution in [2.75, 3.05) is 13.7 Å². The third-order valence-electron chi connectivity index (χ3n) is 3.72. The van der Waals surface area contributed by atoms with E-state index in [0.29, 0.717) is 5.39 Å². The Balaban J connectivity index is 2.20. The molecular formula is C13H13ClN4O5. The van der Waals surface area contributed by atoms with Gasteiger partial charge in [-0.1, -0.05) is 0 Å². The summed E-state index contributed by atoms with van der Waals surface area (Å²) in [6, 6.07) is 1.99. The number of hydrogen-bond acceptors (Lipinski definition) is 8. The van der Waals surface area contributed by atoms with E-state index in [9.17, 15) is 20.6 Å². The number of nitrogens with zero attached hydrogens (tertiary/aromatic N) is 4. The summed E-state index contributed by atoms with van der Waals surface area (Å²) in [7, 11) is 1.38. The van der Waals surface area contributed by atoms with E-state index in [1.54, 1.807) is 0 Å². The number of aliphatic hydroxyl groups excluding tert-OH is 3. The topological polar surface area (TPSA) is 134 Å². The predicted molar refractivity (Wildman–Crippen MR) is 76.8 cm³/mol. The van der Waals surface area contributed by atoms with Crippen molar-refractivity contribution in [2.45, 2.75) is 24.5 Å². The second-order valence-electron chi connectivity index (χ2n) is 4.99. The molecule has 122 valence electrons. The zero-order valence-corrected chi connectivity index (χ0v) is 12.7. The number of nitriles is 1. The summed E-state index contributed by atoms with van der Waals surface area (Å²) in [6.45, 7) is -0.460. The third-order valence-corrected chi connectivity index (χ3v) is 3.89. The summed E-state index contributed by atoms with van der Waals surface area (Å²) < 4.78 is 12.0. The van der Waals surface area contributed by atoms with Crippen molar-refractivity contribution >= 4 is 22.6 Å². The minimum atomic E-state index is -1.31. The largest absolute Gasteiger partial charge is 0.480 e. The van der Waals surface area contributed by atoms with Crippen molar-refractivity contribution in [3.63, 3.8) is 0 Å². The van der Waals surface area contributed by atoms with E-state index in [1.807, 2.05) is 6.07 Å². The molecule has 0 aromatic carbocycles. The molecule has 2 aromatic heterocycles. The standard InChI is InChI=1S/C13H13ClN4O5/c1-22-11-7-5(2-15)3-18(10(7)16-13(14)17-11)12-9(21)8(20)6(4-19)23-12/h3,6,8-9,12,19-21H,4H2,1H3. The van der Waals surface area contributed by atoms with Gasteiger partial charge in [0, 0.05) is 6.20 Å². The van der Waals surface area contributed by atoms with Gasteiger partial charge in [-0.05, 0) is 11.6 Å². The summed E-state index contributed by atoms with van der Waals surface area (Å²) in [6.07, 6.45) is -3.17. The average molecular weight is 341 g/mol. The van der Waals surface area contributed by atoms with E-state index < -0.39 is 31.1 Å². The molecule has 3 N–H and O–H groups in total. The van der Waals surface area contributed by atoms with Crippen LogP contribution in [0, 0.1) is 11.3 Å². The van der Waals surface area contributed by atoms with E-state index in [-0.39, 0.29) is 22.4 Å². The van der Waals surface area contributed by atoms with Crippen LogP contribution in [0.25, 0.3) is 11.0 Å². The van der Waals surface area contributed by atoms with Crippen molar-refractivity contribution in [2.24, 2.45) is 0 Å². The molecule has 23 heavy (non-hydrogen) atoms. The Bertz CT molecular complexity index is 789. The highest BCUT2D eigenvalue weighted by atomic mass is 35.5. The molecule has 1 fully saturated rings. The van der Waals surface area contributed by atoms with Crippen LogP contribution in [0.5, 0.6) is 5.88 Å². The Morgan fingerprint density at radius 3 is 2.74 bits per heavy atom. The van der Waals surface area contributed by atoms with Crippen molar-refractivity contribution in [1.29, 1.82) is 5.26 Å². The lowest BCUT2D eigenvalue weighted by Gasteiger charge is -2.17. The van der Waals surface area contributed by atoms with Crippen LogP contribution in [0.3, 0.4) is 0 Å². The number of ether oxygens (including phenoxy) is 2. The lowest BCUT2D eigenvalue weighted by molar-refractivity contribution is -0.0508. The molecule has 0 aliphatic carbocycles. The minimum absolute atomic E-state index is 0.107. The van der Waals surface area contributed by atoms with E-state index in [4.69, 9.17) is 21.1 Å². The summed E-state index contributed by atoms with van der Waals surface area (Å²) >= 11 is 5.86. The zero-order chi connectivity index (χ0) is 16.7. The Morgan fingerprint density at radius 2 is 2.17 bits per heavy atom. The smallest absolute Gasteiger partial charge is 0.228 e. The summed E-state index contributed by atoms with van der Waals surface area (Å²) in [4.78, 5) is 7.97. The second-order valence-corrected chi connectivity index (χ2v) is 5.33. The van der Waals surface area contributed by atoms with Gasteiger partial charge in [-0.2, -0.15) is 15.2 Å². The Hall–Kier alpha value is -1.96. The molecule has 0 bridgehead atoms. The highest BCUT2D eigenvalue weighted by molar-refractivity contribution is 6.28. The molecule has 10 heteroatoms. The number of methoxy groups -OCH3 is 1. The van der Waals surface area contributed by atoms with Crippen LogP contribution in [0.2, 0.25) is 5.28 Å². The van der Waals surface area contributed by atoms with Crippen LogP contribution in [0.4, 0.5) is 0 Å². The van der Waals surface area contributed by atoms with Crippen LogP contribution < -0.4 is 4.74 Å². The first-order valence-electron chi connectivity index (χ1n) is 6.66. The number of rotatable bonds is 3. The highest BCUT2D eigenvalue weighted by Crippen LogP contribution is 2.36. The summed E-state index contributed by atoms with van der Waals surface area (Å²) in [5, 5.41) is 38.7. The maximum atomic E-state index is 10.2. The van der Waals surface area contributed by atoms with Gasteiger partial charge in [0.2, 0.25) is 11.2 Å². The molecular weight excluding hydrogens is 328 g/mol. The maximum Gasteiger partial charge on any atom is 0.228 e. The molecule has 3 rings (SSSR count). The Morgan fingerprint density at radius 1 is 1.43 bits per heavy atom. The summed E-state index contributed by atoms with van der Waals surface area (Å²) in [5.41, 5.74) is 0.416. The first kappa shape index (κ1) is 15.9. The zero-order valence-electron chi connectivity index (χ0n) is 11.9. The van der Waals surface area contributed by atoms with E-state index in [2.05, 4.69) is 9.97 Å². The fourth-order valence-electron chi connectivity index (χ4n) is 2.63. The Kier molecular flexibility index (Phi) is 4.09. The quantitative estimate of drug-likeness (QED) is 0.641. The van der Waals surface area contributed by atoms with Gasteiger partial charge in [-0.15, -0.1) is 0 Å². The highest BCUT2D eigenvalue weighted by Gasteiger charge is 2.44. The van der Waals surface area contributed by atoms with Crippen molar-refractivity contribution in [1.82, 2.24) is 14.5 Å². The van der Waals surface area contributed by atoms with Crippen molar-refractivity contribution in [3.05, 3.63) is 17.0 Å². The fourth-order valence-corrected chi connectivity index (χ4v) is 2.78. The molecule has 1 aliphatic heterocycles. The van der Waals surface area contributed by atoms with Crippen LogP contribution >= 0.6 is 11.6 Å². The summed E-state index contributed by atoms with van der Waals surface area (Å²) in [5.74, 6) is 0.113. The molecule has 0 spiro atoms. The van der Waals surface area contributed by atoms with Gasteiger partial charge in [0.15, 0.2) is 11.9 Å². The van der Waals surface area contributed by atoms with Crippen LogP contribution in [-0.2, 0) is 4.74 Å². The maximum absolute atomic E-state index is 10.2. The van der Waals surface area contributed by atoms with E-state index in [1.165, 1.54) is 17.9 Å². The van der Waals surface area contributed by atoms with Gasteiger partial charge in [0.25, 0.3) is 0 Å². The van der Waals surface area contributed by atoms with Crippen molar-refractivity contribution < 1.29 is 24.8 Å². The lowest BCUT2D eigenvalue weighted by Crippen LogP contribution is -2.33. The van der Waals surface area contributed by atoms with Gasteiger partial charge in [-0.3, -0.25) is 0 Å². The second kappa shape index (κ2) is 5.92. The molecule has 3 heterocycles. The van der Waals surface area contributed by atoms with Crippen LogP contribution in [0.15, 0.2) is 6.20 Å². The monoisotopic (exact) mass is 340 g/mol. The molecule has 1 saturated heterocycles. The predicted octanol–water partition coefficient (Wildman–Crippen LogP) is -0.424. The van der Waals surface area contributed by atoms with Gasteiger partial charge in [-0.25, -0.2) is 0 Å². The Labute approximate surface area is 135 Å². The molecule has 1 aliphatic rings. The van der Waals surface area contributed by atoms with Crippen molar-refractivity contribution in [3.8, 4) is 11.9 Å². The first-order valence-corrected chi connectivity index (χ1v) is 7.04. The van der Waals surface area contributed by atoms with Crippen LogP contribution in [-0.4, -0.2) is 61.9 Å². The normalized spacial score (nSPS) is 27.3. The fraction of sp³-hybridized carbons (Fsp3) is 0.462. The van der Waals surface area contributed by atoms with Gasteiger partial charge >= 0.3 is 0 Å². The van der Waals surface area contributed by atoms with Gasteiger partial charge in [0.05, 0.1) is 24.7 Å². The SMILES string of the molecule is COc1nc(Cl)nc2c1c(C#N)cn2C1OC(CO)C(O)C1O. The molecule has 0 saturated carbocycles. The third kappa shape index (κ3) is 2.41. The lowest BCUT2D eigenvalue weighted by atomic mass is 10.1. The average Bonchev–Trinajstić information content (AvgIpc) is 3.05. The number of hydrogen-bond donors (Lipinski definition) is 3. The molecule has 4 atom stereocenters. The van der Waals surface area contributed by atoms with E-state index >= 15 is 0 Å². The minimum Gasteiger partial charge on any atom is -0.480 e. The number of aliphatic hydroxyl groups is 3. The first-order chi connectivity index (χ1) is 11.0. The molecule has 4 unspecified atom stereocenters. The van der Waals surface area contributed by atoms with E-state index in [0.717, 1.165) is 0 Å². The molecule has 9 nitrogen and oxygen atoms in total. The number of aromatic nitrogens is 3. The number of halogens is 1. The van der Waals surface area contributed by atoms with Crippen LogP contribution in [0.1, 0.15) is 11.8 Å². The van der Waals surface area contributed by atoms with Gasteiger partial charge in [0.1, 0.15) is 24.4 Å². The number of fused-ring (bicyclic) bond motifs is 1. The molecule has 2 aromatic rings. The molecule has 0 amide bonds.